The Kier molecular flexibility index (Phi) is 19.1. The van der Waals surface area contributed by atoms with Crippen molar-refractivity contribution < 1.29 is 28.5 Å². The molecule has 0 aliphatic rings. The number of carbonyl (C=O) groups excluding carboxylic acids is 2. The second kappa shape index (κ2) is 26.4. The molecule has 8 heteroatoms. The highest BCUT2D eigenvalue weighted by molar-refractivity contribution is 6.04. The highest BCUT2D eigenvalue weighted by Crippen LogP contribution is 2.34. The molecule has 0 spiro atoms. The smallest absolute Gasteiger partial charge is 0.340 e. The van der Waals surface area contributed by atoms with Gasteiger partial charge >= 0.3 is 11.9 Å². The number of ether oxygens (including phenoxy) is 4. The summed E-state index contributed by atoms with van der Waals surface area (Å²) in [7, 11) is 3.34. The molecule has 0 fully saturated rings. The third-order valence-corrected chi connectivity index (χ3v) is 12.7. The van der Waals surface area contributed by atoms with E-state index in [1.807, 2.05) is 72.8 Å². The molecule has 0 aromatic heterocycles. The molecule has 7 rings (SSSR count). The number of nitrogens with one attached hydrogen (secondary N) is 2. The van der Waals surface area contributed by atoms with E-state index in [2.05, 4.69) is 97.3 Å². The van der Waals surface area contributed by atoms with Crippen LogP contribution in [-0.4, -0.2) is 39.4 Å². The van der Waals surface area contributed by atoms with Gasteiger partial charge in [0.1, 0.15) is 11.5 Å². The second-order valence-electron chi connectivity index (χ2n) is 17.8. The van der Waals surface area contributed by atoms with Crippen molar-refractivity contribution in [3.05, 3.63) is 169 Å². The third kappa shape index (κ3) is 14.4. The van der Waals surface area contributed by atoms with E-state index in [1.54, 1.807) is 26.4 Å². The predicted octanol–water partition coefficient (Wildman–Crippen LogP) is 16.9. The van der Waals surface area contributed by atoms with Crippen molar-refractivity contribution in [2.75, 3.05) is 38.1 Å². The van der Waals surface area contributed by atoms with E-state index in [1.165, 1.54) is 38.5 Å². The summed E-state index contributed by atoms with van der Waals surface area (Å²) in [5, 5.41) is 6.94. The summed E-state index contributed by atoms with van der Waals surface area (Å²) in [6.07, 6.45) is 12.9. The van der Waals surface area contributed by atoms with Crippen LogP contribution in [0, 0.1) is 0 Å². The number of anilines is 4. The molecule has 0 unspecified atom stereocenters. The van der Waals surface area contributed by atoms with Crippen LogP contribution in [0.3, 0.4) is 0 Å². The first-order valence-corrected chi connectivity index (χ1v) is 25.1. The number of carbonyl (C=O) groups is 2. The van der Waals surface area contributed by atoms with Crippen LogP contribution < -0.4 is 20.1 Å². The molecular formula is C62H68N2O6. The second-order valence-corrected chi connectivity index (χ2v) is 17.8. The van der Waals surface area contributed by atoms with Crippen LogP contribution in [0.5, 0.6) is 11.5 Å². The molecule has 362 valence electrons. The maximum atomic E-state index is 14.1. The standard InChI is InChI=1S/C62H68N2O6/c1-5-7-9-11-13-15-41-69-61(65)57-43-60(64-54-35-27-50(28-36-54)46-19-23-48(24-20-46)52-31-39-56(68-4)40-32-52)58(62(66)70-42-16-14-12-10-8-6-2)44-59(57)63-53-33-25-49(26-34-53)45-17-21-47(22-18-45)51-29-37-55(67-3)38-30-51/h17-40,43-44,63-64H,5-16,41-42H2,1-4H3. The van der Waals surface area contributed by atoms with E-state index in [0.717, 1.165) is 106 Å². The minimum atomic E-state index is -0.465. The first-order valence-electron chi connectivity index (χ1n) is 25.1. The van der Waals surface area contributed by atoms with Crippen molar-refractivity contribution in [1.82, 2.24) is 0 Å². The SMILES string of the molecule is CCCCCCCCOC(=O)c1cc(Nc2ccc(-c3ccc(-c4ccc(OC)cc4)cc3)cc2)c(C(=O)OCCCCCCCC)cc1Nc1ccc(-c2ccc(-c3ccc(OC)cc3)cc2)cc1. The van der Waals surface area contributed by atoms with E-state index < -0.39 is 11.9 Å². The molecule has 0 saturated carbocycles. The van der Waals surface area contributed by atoms with Gasteiger partial charge in [-0.1, -0.05) is 175 Å². The average molecular weight is 937 g/mol. The minimum absolute atomic E-state index is 0.309. The van der Waals surface area contributed by atoms with Gasteiger partial charge in [0.25, 0.3) is 0 Å². The van der Waals surface area contributed by atoms with E-state index in [0.29, 0.717) is 35.7 Å². The zero-order valence-electron chi connectivity index (χ0n) is 41.4. The lowest BCUT2D eigenvalue weighted by atomic mass is 10.00. The predicted molar refractivity (Wildman–Crippen MR) is 288 cm³/mol. The Morgan fingerprint density at radius 1 is 0.357 bits per heavy atom. The maximum Gasteiger partial charge on any atom is 0.340 e. The fourth-order valence-corrected chi connectivity index (χ4v) is 8.47. The lowest BCUT2D eigenvalue weighted by Crippen LogP contribution is -2.14. The van der Waals surface area contributed by atoms with E-state index in [9.17, 15) is 9.59 Å². The maximum absolute atomic E-state index is 14.1. The van der Waals surface area contributed by atoms with Gasteiger partial charge in [-0.05, 0) is 118 Å². The molecule has 0 bridgehead atoms. The average Bonchev–Trinajstić information content (AvgIpc) is 3.41. The molecule has 0 atom stereocenters. The Hall–Kier alpha value is -7.32. The molecular weight excluding hydrogens is 869 g/mol. The first-order chi connectivity index (χ1) is 34.3. The highest BCUT2D eigenvalue weighted by atomic mass is 16.5. The van der Waals surface area contributed by atoms with Gasteiger partial charge in [-0.3, -0.25) is 0 Å². The number of benzene rings is 7. The van der Waals surface area contributed by atoms with Gasteiger partial charge in [0.05, 0.1) is 49.9 Å². The van der Waals surface area contributed by atoms with Crippen LogP contribution >= 0.6 is 0 Å². The summed E-state index contributed by atoms with van der Waals surface area (Å²) < 4.78 is 22.6. The van der Waals surface area contributed by atoms with Crippen molar-refractivity contribution in [1.29, 1.82) is 0 Å². The first kappa shape index (κ1) is 50.6. The number of hydrogen-bond acceptors (Lipinski definition) is 8. The van der Waals surface area contributed by atoms with Crippen molar-refractivity contribution in [2.45, 2.75) is 90.9 Å². The topological polar surface area (TPSA) is 95.1 Å². The molecule has 0 heterocycles. The van der Waals surface area contributed by atoms with Crippen molar-refractivity contribution in [3.63, 3.8) is 0 Å². The number of esters is 2. The van der Waals surface area contributed by atoms with Crippen LogP contribution in [0.15, 0.2) is 158 Å². The Labute approximate surface area is 415 Å². The third-order valence-electron chi connectivity index (χ3n) is 12.7. The Bertz CT molecular complexity index is 2510. The zero-order valence-corrected chi connectivity index (χ0v) is 41.4. The number of methoxy groups -OCH3 is 2. The fraction of sp³-hybridized carbons (Fsp3) is 0.290. The monoisotopic (exact) mass is 937 g/mol. The summed E-state index contributed by atoms with van der Waals surface area (Å²) in [5.74, 6) is 0.718. The van der Waals surface area contributed by atoms with Gasteiger partial charge in [0.2, 0.25) is 0 Å². The van der Waals surface area contributed by atoms with Crippen LogP contribution in [0.2, 0.25) is 0 Å². The summed E-state index contributed by atoms with van der Waals surface area (Å²) >= 11 is 0. The summed E-state index contributed by atoms with van der Waals surface area (Å²) in [5.41, 5.74) is 11.7. The molecule has 0 aliphatic carbocycles. The van der Waals surface area contributed by atoms with E-state index in [-0.39, 0.29) is 0 Å². The van der Waals surface area contributed by atoms with Gasteiger partial charge in [0.15, 0.2) is 0 Å². The molecule has 8 nitrogen and oxygen atoms in total. The minimum Gasteiger partial charge on any atom is -0.497 e. The molecule has 0 amide bonds. The van der Waals surface area contributed by atoms with Crippen LogP contribution in [0.1, 0.15) is 112 Å². The van der Waals surface area contributed by atoms with Gasteiger partial charge in [-0.25, -0.2) is 9.59 Å². The molecule has 7 aromatic carbocycles. The normalized spacial score (nSPS) is 10.9. The molecule has 70 heavy (non-hydrogen) atoms. The van der Waals surface area contributed by atoms with E-state index in [4.69, 9.17) is 18.9 Å². The van der Waals surface area contributed by atoms with E-state index >= 15 is 0 Å². The fourth-order valence-electron chi connectivity index (χ4n) is 8.47. The lowest BCUT2D eigenvalue weighted by molar-refractivity contribution is 0.0485. The van der Waals surface area contributed by atoms with Crippen LogP contribution in [-0.2, 0) is 9.47 Å². The molecule has 0 saturated heterocycles. The Balaban J connectivity index is 1.14. The Morgan fingerprint density at radius 3 is 0.900 bits per heavy atom. The van der Waals surface area contributed by atoms with Crippen molar-refractivity contribution in [2.24, 2.45) is 0 Å². The van der Waals surface area contributed by atoms with Crippen molar-refractivity contribution >= 4 is 34.7 Å². The molecule has 2 N–H and O–H groups in total. The Morgan fingerprint density at radius 2 is 0.614 bits per heavy atom. The zero-order chi connectivity index (χ0) is 48.9. The lowest BCUT2D eigenvalue weighted by Gasteiger charge is -2.18. The molecule has 0 aliphatic heterocycles. The van der Waals surface area contributed by atoms with Crippen LogP contribution in [0.4, 0.5) is 22.7 Å². The molecule has 7 aromatic rings. The van der Waals surface area contributed by atoms with Gasteiger partial charge < -0.3 is 29.6 Å². The van der Waals surface area contributed by atoms with Gasteiger partial charge in [-0.15, -0.1) is 0 Å². The highest BCUT2D eigenvalue weighted by Gasteiger charge is 2.23. The van der Waals surface area contributed by atoms with Gasteiger partial charge in [0, 0.05) is 11.4 Å². The van der Waals surface area contributed by atoms with Crippen molar-refractivity contribution in [3.8, 4) is 56.0 Å². The summed E-state index contributed by atoms with van der Waals surface area (Å²) in [4.78, 5) is 28.2. The number of unbranched alkanes of at least 4 members (excludes halogenated alkanes) is 10. The number of rotatable bonds is 26. The quantitative estimate of drug-likeness (QED) is 0.0410. The van der Waals surface area contributed by atoms with Crippen LogP contribution in [0.25, 0.3) is 44.5 Å². The number of hydrogen-bond donors (Lipinski definition) is 2. The molecule has 0 radical (unpaired) electrons. The summed E-state index contributed by atoms with van der Waals surface area (Å²) in [6, 6.07) is 52.6. The largest absolute Gasteiger partial charge is 0.497 e. The van der Waals surface area contributed by atoms with Gasteiger partial charge in [-0.2, -0.15) is 0 Å². The summed E-state index contributed by atoms with van der Waals surface area (Å²) in [6.45, 7) is 5.02.